The quantitative estimate of drug-likeness (QED) is 0.840. The molecular weight excluding hydrogens is 378 g/mol. The molecule has 0 amide bonds. The molecule has 2 aromatic rings. The number of benzene rings is 1. The number of hydrogen-bond donors (Lipinski definition) is 1. The number of piperidine rings is 1. The number of aromatic amines is 1. The molecule has 3 aliphatic rings. The van der Waals surface area contributed by atoms with Crippen LogP contribution in [0.5, 0.6) is 0 Å². The molecule has 2 saturated heterocycles. The van der Waals surface area contributed by atoms with Gasteiger partial charge >= 0.3 is 0 Å². The van der Waals surface area contributed by atoms with Crippen molar-refractivity contribution in [2.45, 2.75) is 37.6 Å². The van der Waals surface area contributed by atoms with Gasteiger partial charge in [-0.3, -0.25) is 14.7 Å². The Bertz CT molecular complexity index is 1030. The second-order valence-corrected chi connectivity index (χ2v) is 8.68. The van der Waals surface area contributed by atoms with Crippen LogP contribution < -0.4 is 10.5 Å². The Morgan fingerprint density at radius 2 is 1.97 bits per heavy atom. The normalized spacial score (nSPS) is 20.8. The van der Waals surface area contributed by atoms with E-state index in [0.717, 1.165) is 69.7 Å². The monoisotopic (exact) mass is 405 g/mol. The summed E-state index contributed by atoms with van der Waals surface area (Å²) in [6.07, 6.45) is 3.89. The first-order valence-electron chi connectivity index (χ1n) is 10.8. The van der Waals surface area contributed by atoms with Crippen LogP contribution >= 0.6 is 0 Å². The van der Waals surface area contributed by atoms with Gasteiger partial charge in [-0.05, 0) is 56.5 Å². The SMILES string of the molecule is N#Cc1cccc(CN2CCC3(CCc4c3nc(N3CCOCC3)[nH]c4=O)CC2)c1. The molecule has 0 atom stereocenters. The number of aromatic nitrogens is 2. The van der Waals surface area contributed by atoms with Gasteiger partial charge in [0.2, 0.25) is 5.95 Å². The van der Waals surface area contributed by atoms with Gasteiger partial charge in [-0.15, -0.1) is 0 Å². The highest BCUT2D eigenvalue weighted by molar-refractivity contribution is 5.40. The van der Waals surface area contributed by atoms with Crippen LogP contribution in [0.15, 0.2) is 29.1 Å². The lowest BCUT2D eigenvalue weighted by molar-refractivity contribution is 0.122. The molecule has 1 spiro atoms. The van der Waals surface area contributed by atoms with Crippen LogP contribution in [0.2, 0.25) is 0 Å². The maximum Gasteiger partial charge on any atom is 0.255 e. The average Bonchev–Trinajstić information content (AvgIpc) is 3.15. The minimum atomic E-state index is 0.0234. The lowest BCUT2D eigenvalue weighted by atomic mass is 9.76. The van der Waals surface area contributed by atoms with Gasteiger partial charge < -0.3 is 9.64 Å². The number of fused-ring (bicyclic) bond motifs is 2. The van der Waals surface area contributed by atoms with Crippen molar-refractivity contribution in [2.75, 3.05) is 44.3 Å². The number of morpholine rings is 1. The number of hydrogen-bond acceptors (Lipinski definition) is 6. The summed E-state index contributed by atoms with van der Waals surface area (Å²) in [6, 6.07) is 10.1. The Balaban J connectivity index is 1.33. The van der Waals surface area contributed by atoms with Crippen molar-refractivity contribution in [1.82, 2.24) is 14.9 Å². The number of nitrogens with zero attached hydrogens (tertiary/aromatic N) is 4. The third-order valence-electron chi connectivity index (χ3n) is 6.94. The molecule has 0 unspecified atom stereocenters. The fourth-order valence-corrected chi connectivity index (χ4v) is 5.19. The lowest BCUT2D eigenvalue weighted by Crippen LogP contribution is -2.43. The maximum absolute atomic E-state index is 12.8. The van der Waals surface area contributed by atoms with E-state index in [2.05, 4.69) is 26.9 Å². The molecule has 1 aliphatic carbocycles. The van der Waals surface area contributed by atoms with E-state index in [9.17, 15) is 4.79 Å². The fraction of sp³-hybridized carbons (Fsp3) is 0.522. The molecule has 7 nitrogen and oxygen atoms in total. The zero-order valence-corrected chi connectivity index (χ0v) is 17.2. The van der Waals surface area contributed by atoms with Gasteiger partial charge in [0.1, 0.15) is 0 Å². The van der Waals surface area contributed by atoms with Crippen molar-refractivity contribution in [3.63, 3.8) is 0 Å². The minimum Gasteiger partial charge on any atom is -0.378 e. The number of rotatable bonds is 3. The van der Waals surface area contributed by atoms with E-state index in [1.54, 1.807) is 0 Å². The largest absolute Gasteiger partial charge is 0.378 e. The van der Waals surface area contributed by atoms with Crippen molar-refractivity contribution in [3.8, 4) is 6.07 Å². The minimum absolute atomic E-state index is 0.0234. The third kappa shape index (κ3) is 3.51. The molecule has 0 saturated carbocycles. The van der Waals surface area contributed by atoms with Crippen molar-refractivity contribution < 1.29 is 4.74 Å². The highest BCUT2D eigenvalue weighted by atomic mass is 16.5. The van der Waals surface area contributed by atoms with Gasteiger partial charge in [-0.2, -0.15) is 5.26 Å². The molecular formula is C23H27N5O2. The van der Waals surface area contributed by atoms with E-state index in [4.69, 9.17) is 15.0 Å². The molecule has 30 heavy (non-hydrogen) atoms. The van der Waals surface area contributed by atoms with Gasteiger partial charge in [0, 0.05) is 30.6 Å². The zero-order chi connectivity index (χ0) is 20.6. The standard InChI is InChI=1S/C23H27N5O2/c24-15-17-2-1-3-18(14-17)16-27-8-6-23(7-9-27)5-4-19-20(23)25-22(26-21(19)29)28-10-12-30-13-11-28/h1-3,14H,4-13,16H2,(H,25,26,29). The third-order valence-corrected chi connectivity index (χ3v) is 6.94. The zero-order valence-electron chi connectivity index (χ0n) is 17.2. The first-order valence-corrected chi connectivity index (χ1v) is 10.8. The Morgan fingerprint density at radius 3 is 2.73 bits per heavy atom. The molecule has 7 heteroatoms. The predicted octanol–water partition coefficient (Wildman–Crippen LogP) is 1.96. The average molecular weight is 406 g/mol. The van der Waals surface area contributed by atoms with Crippen LogP contribution in [0.4, 0.5) is 5.95 Å². The molecule has 1 aromatic heterocycles. The highest BCUT2D eigenvalue weighted by Gasteiger charge is 2.44. The van der Waals surface area contributed by atoms with Gasteiger partial charge in [0.15, 0.2) is 0 Å². The molecule has 0 bridgehead atoms. The second kappa shape index (κ2) is 7.86. The summed E-state index contributed by atoms with van der Waals surface area (Å²) in [4.78, 5) is 25.4. The van der Waals surface area contributed by atoms with Crippen LogP contribution in [0.3, 0.4) is 0 Å². The molecule has 156 valence electrons. The number of H-pyrrole nitrogens is 1. The van der Waals surface area contributed by atoms with E-state index < -0.39 is 0 Å². The molecule has 2 fully saturated rings. The molecule has 2 aliphatic heterocycles. The second-order valence-electron chi connectivity index (χ2n) is 8.68. The van der Waals surface area contributed by atoms with E-state index in [-0.39, 0.29) is 11.0 Å². The summed E-state index contributed by atoms with van der Waals surface area (Å²) in [5.74, 6) is 0.707. The van der Waals surface area contributed by atoms with Gasteiger partial charge in [0.25, 0.3) is 5.56 Å². The summed E-state index contributed by atoms with van der Waals surface area (Å²) in [6.45, 7) is 5.71. The number of likely N-dealkylation sites (tertiary alicyclic amines) is 1. The fourth-order valence-electron chi connectivity index (χ4n) is 5.19. The number of anilines is 1. The number of nitriles is 1. The summed E-state index contributed by atoms with van der Waals surface area (Å²) < 4.78 is 5.44. The summed E-state index contributed by atoms with van der Waals surface area (Å²) in [7, 11) is 0. The highest BCUT2D eigenvalue weighted by Crippen LogP contribution is 2.44. The van der Waals surface area contributed by atoms with Crippen molar-refractivity contribution in [2.24, 2.45) is 0 Å². The van der Waals surface area contributed by atoms with Crippen LogP contribution in [-0.2, 0) is 23.1 Å². The summed E-state index contributed by atoms with van der Waals surface area (Å²) >= 11 is 0. The van der Waals surface area contributed by atoms with E-state index in [1.807, 2.05) is 18.2 Å². The number of ether oxygens (including phenoxy) is 1. The van der Waals surface area contributed by atoms with Crippen molar-refractivity contribution in [1.29, 1.82) is 5.26 Å². The van der Waals surface area contributed by atoms with Crippen molar-refractivity contribution >= 4 is 5.95 Å². The first kappa shape index (κ1) is 19.3. The maximum atomic E-state index is 12.8. The van der Waals surface area contributed by atoms with Crippen LogP contribution in [0, 0.1) is 11.3 Å². The first-order chi connectivity index (χ1) is 14.7. The molecule has 1 N–H and O–H groups in total. The van der Waals surface area contributed by atoms with Crippen LogP contribution in [0.1, 0.15) is 41.6 Å². The molecule has 5 rings (SSSR count). The number of nitrogens with one attached hydrogen (secondary N) is 1. The van der Waals surface area contributed by atoms with Crippen molar-refractivity contribution in [3.05, 3.63) is 57.0 Å². The Kier molecular flexibility index (Phi) is 5.05. The topological polar surface area (TPSA) is 85.2 Å². The van der Waals surface area contributed by atoms with Crippen LogP contribution in [-0.4, -0.2) is 54.3 Å². The molecule has 0 radical (unpaired) electrons. The van der Waals surface area contributed by atoms with Gasteiger partial charge in [-0.1, -0.05) is 12.1 Å². The summed E-state index contributed by atoms with van der Waals surface area (Å²) in [5, 5.41) is 9.13. The van der Waals surface area contributed by atoms with Crippen LogP contribution in [0.25, 0.3) is 0 Å². The van der Waals surface area contributed by atoms with Gasteiger partial charge in [0.05, 0.1) is 30.5 Å². The van der Waals surface area contributed by atoms with Gasteiger partial charge in [-0.25, -0.2) is 4.98 Å². The Labute approximate surface area is 176 Å². The smallest absolute Gasteiger partial charge is 0.255 e. The molecule has 3 heterocycles. The Hall–Kier alpha value is -2.69. The summed E-state index contributed by atoms with van der Waals surface area (Å²) in [5.41, 5.74) is 3.89. The van der Waals surface area contributed by atoms with E-state index in [1.165, 1.54) is 5.56 Å². The predicted molar refractivity (Wildman–Crippen MR) is 114 cm³/mol. The lowest BCUT2D eigenvalue weighted by Gasteiger charge is -2.39. The molecule has 1 aromatic carbocycles. The Morgan fingerprint density at radius 1 is 1.17 bits per heavy atom. The van der Waals surface area contributed by atoms with E-state index in [0.29, 0.717) is 24.7 Å². The van der Waals surface area contributed by atoms with E-state index >= 15 is 0 Å².